The van der Waals surface area contributed by atoms with E-state index in [9.17, 15) is 0 Å². The molecule has 0 saturated heterocycles. The number of aromatic nitrogens is 5. The lowest BCUT2D eigenvalue weighted by Crippen LogP contribution is -2.03. The molecule has 3 heterocycles. The summed E-state index contributed by atoms with van der Waals surface area (Å²) in [6.45, 7) is 2.67. The van der Waals surface area contributed by atoms with Crippen LogP contribution in [0.25, 0.3) is 11.4 Å². The average molecular weight is 426 g/mol. The number of ether oxygens (including phenoxy) is 1. The van der Waals surface area contributed by atoms with Gasteiger partial charge in [-0.2, -0.15) is 4.98 Å². The molecule has 0 fully saturated rings. The van der Waals surface area contributed by atoms with Gasteiger partial charge in [0.1, 0.15) is 11.5 Å². The van der Waals surface area contributed by atoms with E-state index in [1.54, 1.807) is 13.4 Å². The monoisotopic (exact) mass is 425 g/mol. The Balaban J connectivity index is 1.55. The van der Waals surface area contributed by atoms with E-state index in [4.69, 9.17) is 13.7 Å². The van der Waals surface area contributed by atoms with Crippen molar-refractivity contribution in [2.24, 2.45) is 0 Å². The number of thioether (sulfide) groups is 1. The molecule has 30 heavy (non-hydrogen) atoms. The molecular weight excluding hydrogens is 402 g/mol. The van der Waals surface area contributed by atoms with Gasteiger partial charge in [0.15, 0.2) is 16.8 Å². The van der Waals surface area contributed by atoms with Gasteiger partial charge in [-0.15, -0.1) is 10.2 Å². The van der Waals surface area contributed by atoms with Crippen LogP contribution in [0, 0.1) is 0 Å². The van der Waals surface area contributed by atoms with Gasteiger partial charge in [-0.05, 0) is 42.8 Å². The summed E-state index contributed by atoms with van der Waals surface area (Å²) in [5.41, 5.74) is 0.946. The highest BCUT2D eigenvalue weighted by Crippen LogP contribution is 2.28. The maximum absolute atomic E-state index is 5.55. The highest BCUT2D eigenvalue weighted by atomic mass is 32.2. The van der Waals surface area contributed by atoms with Crippen LogP contribution >= 0.6 is 11.8 Å². The fraction of sp³-hybridized carbons (Fsp3) is 0.333. The van der Waals surface area contributed by atoms with E-state index >= 15 is 0 Å². The van der Waals surface area contributed by atoms with E-state index in [2.05, 4.69) is 27.3 Å². The maximum Gasteiger partial charge on any atom is 0.237 e. The predicted molar refractivity (Wildman–Crippen MR) is 112 cm³/mol. The van der Waals surface area contributed by atoms with Crippen molar-refractivity contribution in [3.63, 3.8) is 0 Å². The molecule has 3 aromatic heterocycles. The second kappa shape index (κ2) is 9.62. The van der Waals surface area contributed by atoms with Gasteiger partial charge in [-0.25, -0.2) is 0 Å². The third kappa shape index (κ3) is 4.73. The van der Waals surface area contributed by atoms with E-state index in [-0.39, 0.29) is 0 Å². The Labute approximate surface area is 178 Å². The Morgan fingerprint density at radius 1 is 1.13 bits per heavy atom. The number of aryl methyl sites for hydroxylation is 1. The van der Waals surface area contributed by atoms with Crippen molar-refractivity contribution in [1.82, 2.24) is 24.9 Å². The van der Waals surface area contributed by atoms with E-state index in [0.717, 1.165) is 53.1 Å². The van der Waals surface area contributed by atoms with Crippen LogP contribution in [0.15, 0.2) is 56.8 Å². The first kappa shape index (κ1) is 20.2. The molecule has 9 heteroatoms. The first-order valence-corrected chi connectivity index (χ1v) is 10.8. The summed E-state index contributed by atoms with van der Waals surface area (Å²) in [4.78, 5) is 4.46. The van der Waals surface area contributed by atoms with Gasteiger partial charge >= 0.3 is 0 Å². The Hall–Kier alpha value is -3.07. The number of rotatable bonds is 10. The normalized spacial score (nSPS) is 11.1. The Bertz CT molecular complexity index is 1060. The van der Waals surface area contributed by atoms with Crippen LogP contribution in [0.4, 0.5) is 0 Å². The lowest BCUT2D eigenvalue weighted by Gasteiger charge is -2.09. The Morgan fingerprint density at radius 3 is 2.73 bits per heavy atom. The third-order valence-electron chi connectivity index (χ3n) is 4.55. The predicted octanol–water partition coefficient (Wildman–Crippen LogP) is 4.61. The zero-order chi connectivity index (χ0) is 20.8. The zero-order valence-corrected chi connectivity index (χ0v) is 17.8. The van der Waals surface area contributed by atoms with Crippen molar-refractivity contribution in [2.45, 2.75) is 43.6 Å². The molecule has 0 aliphatic heterocycles. The summed E-state index contributed by atoms with van der Waals surface area (Å²) in [5, 5.41) is 13.6. The molecule has 4 aromatic rings. The van der Waals surface area contributed by atoms with Gasteiger partial charge in [0, 0.05) is 12.0 Å². The second-order valence-electron chi connectivity index (χ2n) is 6.70. The topological polar surface area (TPSA) is 92.0 Å². The largest absolute Gasteiger partial charge is 0.497 e. The van der Waals surface area contributed by atoms with Crippen LogP contribution in [0.2, 0.25) is 0 Å². The van der Waals surface area contributed by atoms with Gasteiger partial charge in [-0.1, -0.05) is 30.3 Å². The molecule has 0 amide bonds. The van der Waals surface area contributed by atoms with E-state index in [1.165, 1.54) is 11.8 Å². The molecule has 8 nitrogen and oxygen atoms in total. The van der Waals surface area contributed by atoms with Crippen LogP contribution < -0.4 is 4.74 Å². The molecule has 0 aliphatic rings. The molecule has 0 radical (unpaired) electrons. The molecule has 0 aliphatic carbocycles. The van der Waals surface area contributed by atoms with E-state index in [0.29, 0.717) is 18.2 Å². The van der Waals surface area contributed by atoms with Crippen molar-refractivity contribution < 1.29 is 13.7 Å². The minimum absolute atomic E-state index is 0.523. The molecule has 0 bridgehead atoms. The smallest absolute Gasteiger partial charge is 0.237 e. The maximum atomic E-state index is 5.55. The molecule has 0 saturated carbocycles. The van der Waals surface area contributed by atoms with Gasteiger partial charge in [0.25, 0.3) is 0 Å². The summed E-state index contributed by atoms with van der Waals surface area (Å²) >= 11 is 1.51. The second-order valence-corrected chi connectivity index (χ2v) is 7.64. The number of furan rings is 1. The Morgan fingerprint density at radius 2 is 2.00 bits per heavy atom. The summed E-state index contributed by atoms with van der Waals surface area (Å²) in [7, 11) is 1.65. The highest BCUT2D eigenvalue weighted by molar-refractivity contribution is 7.98. The molecule has 0 atom stereocenters. The first-order valence-electron chi connectivity index (χ1n) is 9.81. The number of methoxy groups -OCH3 is 1. The lowest BCUT2D eigenvalue weighted by atomic mass is 10.2. The van der Waals surface area contributed by atoms with Crippen LogP contribution in [-0.2, 0) is 18.7 Å². The fourth-order valence-corrected chi connectivity index (χ4v) is 3.74. The zero-order valence-electron chi connectivity index (χ0n) is 16.9. The number of hydrogen-bond donors (Lipinski definition) is 0. The molecular formula is C21H23N5O3S. The molecule has 4 rings (SSSR count). The molecule has 1 aromatic carbocycles. The van der Waals surface area contributed by atoms with E-state index < -0.39 is 0 Å². The number of benzene rings is 1. The van der Waals surface area contributed by atoms with Crippen LogP contribution in [0.5, 0.6) is 5.75 Å². The number of hydrogen-bond acceptors (Lipinski definition) is 8. The highest BCUT2D eigenvalue weighted by Gasteiger charge is 2.17. The molecule has 156 valence electrons. The summed E-state index contributed by atoms with van der Waals surface area (Å²) in [6.07, 6.45) is 4.65. The summed E-state index contributed by atoms with van der Waals surface area (Å²) < 4.78 is 18.2. The van der Waals surface area contributed by atoms with Gasteiger partial charge in [-0.3, -0.25) is 4.57 Å². The van der Waals surface area contributed by atoms with Gasteiger partial charge in [0.05, 0.1) is 25.7 Å². The number of unbranched alkanes of at least 4 members (excludes halogenated alkanes) is 1. The summed E-state index contributed by atoms with van der Waals surface area (Å²) in [5.74, 6) is 4.24. The lowest BCUT2D eigenvalue weighted by molar-refractivity contribution is 0.384. The van der Waals surface area contributed by atoms with Crippen LogP contribution in [-0.4, -0.2) is 32.0 Å². The van der Waals surface area contributed by atoms with Crippen molar-refractivity contribution in [2.75, 3.05) is 7.11 Å². The van der Waals surface area contributed by atoms with Gasteiger partial charge < -0.3 is 13.7 Å². The standard InChI is InChI=1S/C21H23N5O3S/c1-3-4-7-18-22-19(29-25-18)14-30-21-24-23-20(15-8-10-16(27-2)11-9-15)26(21)13-17-6-5-12-28-17/h5-6,8-12H,3-4,7,13-14H2,1-2H3. The first-order chi connectivity index (χ1) is 14.8. The SMILES string of the molecule is CCCCc1noc(CSc2nnc(-c3ccc(OC)cc3)n2Cc2ccco2)n1. The average Bonchev–Trinajstić information content (AvgIpc) is 3.53. The van der Waals surface area contributed by atoms with E-state index in [1.807, 2.05) is 41.0 Å². The Kier molecular flexibility index (Phi) is 6.48. The fourth-order valence-electron chi connectivity index (χ4n) is 2.96. The molecule has 0 unspecified atom stereocenters. The minimum Gasteiger partial charge on any atom is -0.497 e. The minimum atomic E-state index is 0.523. The van der Waals surface area contributed by atoms with Crippen molar-refractivity contribution in [3.8, 4) is 17.1 Å². The number of nitrogens with zero attached hydrogens (tertiary/aromatic N) is 5. The van der Waals surface area contributed by atoms with Crippen LogP contribution in [0.1, 0.15) is 37.2 Å². The third-order valence-corrected chi connectivity index (χ3v) is 5.50. The summed E-state index contributed by atoms with van der Waals surface area (Å²) in [6, 6.07) is 11.6. The van der Waals surface area contributed by atoms with Crippen molar-refractivity contribution in [3.05, 3.63) is 60.1 Å². The van der Waals surface area contributed by atoms with Gasteiger partial charge in [0.2, 0.25) is 5.89 Å². The molecule has 0 spiro atoms. The van der Waals surface area contributed by atoms with Crippen molar-refractivity contribution in [1.29, 1.82) is 0 Å². The quantitative estimate of drug-likeness (QED) is 0.340. The van der Waals surface area contributed by atoms with Crippen molar-refractivity contribution >= 4 is 11.8 Å². The molecule has 0 N–H and O–H groups in total. The van der Waals surface area contributed by atoms with Crippen LogP contribution in [0.3, 0.4) is 0 Å².